The lowest BCUT2D eigenvalue weighted by Gasteiger charge is -2.34. The number of piperidine rings is 2. The zero-order valence-corrected chi connectivity index (χ0v) is 20.7. The van der Waals surface area contributed by atoms with Crippen LogP contribution in [0.5, 0.6) is 0 Å². The first-order chi connectivity index (χ1) is 15.8. The molecule has 2 aliphatic rings. The maximum Gasteiger partial charge on any atom is 0.315 e. The minimum Gasteiger partial charge on any atom is -0.342 e. The molecule has 0 radical (unpaired) electrons. The van der Waals surface area contributed by atoms with Crippen LogP contribution < -0.4 is 10.6 Å². The van der Waals surface area contributed by atoms with E-state index >= 15 is 0 Å². The Morgan fingerprint density at radius 2 is 1.58 bits per heavy atom. The zero-order chi connectivity index (χ0) is 23.8. The average molecular weight is 479 g/mol. The predicted octanol–water partition coefficient (Wildman–Crippen LogP) is 3.09. The maximum absolute atomic E-state index is 12.7. The number of carbonyl (C=O) groups is 2. The number of hydrogen-bond donors (Lipinski definition) is 2. The highest BCUT2D eigenvalue weighted by atomic mass is 32.2. The summed E-state index contributed by atoms with van der Waals surface area (Å²) >= 11 is 0. The average Bonchev–Trinajstić information content (AvgIpc) is 2.84. The summed E-state index contributed by atoms with van der Waals surface area (Å²) in [5, 5.41) is 5.84. The minimum absolute atomic E-state index is 0.0489. The largest absolute Gasteiger partial charge is 0.342 e. The molecule has 8 nitrogen and oxygen atoms in total. The van der Waals surface area contributed by atoms with Gasteiger partial charge in [0.15, 0.2) is 0 Å². The second-order valence-electron chi connectivity index (χ2n) is 9.05. The van der Waals surface area contributed by atoms with Crippen molar-refractivity contribution in [2.45, 2.75) is 76.3 Å². The monoisotopic (exact) mass is 478 g/mol. The Balaban J connectivity index is 1.43. The summed E-state index contributed by atoms with van der Waals surface area (Å²) in [6.07, 6.45) is 6.12. The molecular formula is C24H38N4O4S. The molecule has 2 fully saturated rings. The van der Waals surface area contributed by atoms with Gasteiger partial charge in [-0.15, -0.1) is 0 Å². The van der Waals surface area contributed by atoms with Crippen LogP contribution in [0.15, 0.2) is 29.2 Å². The molecule has 1 aromatic rings. The highest BCUT2D eigenvalue weighted by Gasteiger charge is 2.27. The fourth-order valence-electron chi connectivity index (χ4n) is 4.59. The minimum atomic E-state index is -3.44. The van der Waals surface area contributed by atoms with Gasteiger partial charge in [-0.3, -0.25) is 4.79 Å². The van der Waals surface area contributed by atoms with E-state index in [0.29, 0.717) is 37.6 Å². The molecule has 3 rings (SSSR count). The van der Waals surface area contributed by atoms with Crippen LogP contribution in [0.1, 0.15) is 64.4 Å². The summed E-state index contributed by atoms with van der Waals surface area (Å²) < 4.78 is 27.0. The van der Waals surface area contributed by atoms with Gasteiger partial charge in [-0.1, -0.05) is 32.4 Å². The number of urea groups is 1. The number of amides is 3. The van der Waals surface area contributed by atoms with Crippen LogP contribution in [-0.2, 0) is 21.4 Å². The predicted molar refractivity (Wildman–Crippen MR) is 128 cm³/mol. The molecule has 0 unspecified atom stereocenters. The van der Waals surface area contributed by atoms with Crippen molar-refractivity contribution in [3.63, 3.8) is 0 Å². The summed E-state index contributed by atoms with van der Waals surface area (Å²) in [6, 6.07) is 6.53. The van der Waals surface area contributed by atoms with E-state index in [9.17, 15) is 18.0 Å². The van der Waals surface area contributed by atoms with E-state index in [1.807, 2.05) is 18.7 Å². The molecule has 2 saturated heterocycles. The molecule has 2 aliphatic heterocycles. The van der Waals surface area contributed by atoms with Gasteiger partial charge >= 0.3 is 6.03 Å². The lowest BCUT2D eigenvalue weighted by atomic mass is 9.98. The van der Waals surface area contributed by atoms with E-state index in [-0.39, 0.29) is 23.9 Å². The molecule has 0 bridgehead atoms. The van der Waals surface area contributed by atoms with Gasteiger partial charge in [0, 0.05) is 44.7 Å². The van der Waals surface area contributed by atoms with Crippen molar-refractivity contribution < 1.29 is 18.0 Å². The van der Waals surface area contributed by atoms with Crippen molar-refractivity contribution in [2.75, 3.05) is 26.2 Å². The number of sulfonamides is 1. The lowest BCUT2D eigenvalue weighted by Crippen LogP contribution is -2.50. The summed E-state index contributed by atoms with van der Waals surface area (Å²) in [6.45, 7) is 6.92. The molecular weight excluding hydrogens is 440 g/mol. The number of nitrogens with one attached hydrogen (secondary N) is 2. The highest BCUT2D eigenvalue weighted by molar-refractivity contribution is 7.89. The summed E-state index contributed by atoms with van der Waals surface area (Å²) in [7, 11) is -3.44. The number of benzene rings is 1. The third kappa shape index (κ3) is 6.69. The van der Waals surface area contributed by atoms with E-state index < -0.39 is 10.0 Å². The van der Waals surface area contributed by atoms with Crippen molar-refractivity contribution >= 4 is 22.0 Å². The van der Waals surface area contributed by atoms with E-state index in [1.165, 1.54) is 0 Å². The molecule has 9 heteroatoms. The van der Waals surface area contributed by atoms with Crippen molar-refractivity contribution in [3.8, 4) is 0 Å². The van der Waals surface area contributed by atoms with E-state index in [0.717, 1.165) is 50.5 Å². The van der Waals surface area contributed by atoms with Crippen molar-refractivity contribution in [1.29, 1.82) is 0 Å². The number of hydrogen-bond acceptors (Lipinski definition) is 4. The van der Waals surface area contributed by atoms with Crippen LogP contribution in [0.25, 0.3) is 0 Å². The summed E-state index contributed by atoms with van der Waals surface area (Å²) in [5.41, 5.74) is 0.841. The smallest absolute Gasteiger partial charge is 0.315 e. The Bertz CT molecular complexity index is 886. The first-order valence-corrected chi connectivity index (χ1v) is 13.7. The van der Waals surface area contributed by atoms with Crippen LogP contribution in [-0.4, -0.2) is 61.8 Å². The fourth-order valence-corrected chi connectivity index (χ4v) is 6.11. The Morgan fingerprint density at radius 3 is 2.15 bits per heavy atom. The summed E-state index contributed by atoms with van der Waals surface area (Å²) in [4.78, 5) is 27.1. The van der Waals surface area contributed by atoms with Gasteiger partial charge in [-0.25, -0.2) is 13.2 Å². The topological polar surface area (TPSA) is 98.8 Å². The SMILES string of the molecule is CCC(CC)C(=O)N1CCC(NC(=O)NCc2ccc(S(=O)(=O)N3CCCCC3)cc2)CC1. The molecule has 0 spiro atoms. The Hall–Kier alpha value is -2.13. The second kappa shape index (κ2) is 11.8. The molecule has 0 saturated carbocycles. The lowest BCUT2D eigenvalue weighted by molar-refractivity contribution is -0.136. The van der Waals surface area contributed by atoms with Gasteiger partial charge < -0.3 is 15.5 Å². The third-order valence-electron chi connectivity index (χ3n) is 6.81. The van der Waals surface area contributed by atoms with E-state index in [4.69, 9.17) is 0 Å². The highest BCUT2D eigenvalue weighted by Crippen LogP contribution is 2.21. The third-order valence-corrected chi connectivity index (χ3v) is 8.72. The first kappa shape index (κ1) is 25.5. The van der Waals surface area contributed by atoms with Crippen LogP contribution in [0.4, 0.5) is 4.79 Å². The van der Waals surface area contributed by atoms with Crippen LogP contribution in [0.3, 0.4) is 0 Å². The van der Waals surface area contributed by atoms with Crippen molar-refractivity contribution in [2.24, 2.45) is 5.92 Å². The number of nitrogens with zero attached hydrogens (tertiary/aromatic N) is 2. The van der Waals surface area contributed by atoms with E-state index in [2.05, 4.69) is 10.6 Å². The zero-order valence-electron chi connectivity index (χ0n) is 19.9. The fraction of sp³-hybridized carbons (Fsp3) is 0.667. The molecule has 3 amide bonds. The first-order valence-electron chi connectivity index (χ1n) is 12.3. The van der Waals surface area contributed by atoms with Gasteiger partial charge in [0.05, 0.1) is 4.90 Å². The van der Waals surface area contributed by atoms with Gasteiger partial charge in [0.25, 0.3) is 0 Å². The van der Waals surface area contributed by atoms with Crippen molar-refractivity contribution in [3.05, 3.63) is 29.8 Å². The van der Waals surface area contributed by atoms with Gasteiger partial charge in [-0.2, -0.15) is 4.31 Å². The van der Waals surface area contributed by atoms with Gasteiger partial charge in [-0.05, 0) is 56.2 Å². The van der Waals surface area contributed by atoms with Gasteiger partial charge in [0.2, 0.25) is 15.9 Å². The number of rotatable bonds is 8. The van der Waals surface area contributed by atoms with Crippen LogP contribution in [0, 0.1) is 5.92 Å². The molecule has 0 aliphatic carbocycles. The van der Waals surface area contributed by atoms with Crippen LogP contribution >= 0.6 is 0 Å². The molecule has 33 heavy (non-hydrogen) atoms. The standard InChI is InChI=1S/C24H38N4O4S/c1-3-20(4-2)23(29)27-16-12-21(13-17-27)26-24(30)25-18-19-8-10-22(11-9-19)33(31,32)28-14-6-5-7-15-28/h8-11,20-21H,3-7,12-18H2,1-2H3,(H2,25,26,30). The number of likely N-dealkylation sites (tertiary alicyclic amines) is 1. The molecule has 2 heterocycles. The van der Waals surface area contributed by atoms with E-state index in [1.54, 1.807) is 28.6 Å². The summed E-state index contributed by atoms with van der Waals surface area (Å²) in [5.74, 6) is 0.327. The second-order valence-corrected chi connectivity index (χ2v) is 11.0. The molecule has 0 atom stereocenters. The number of carbonyl (C=O) groups excluding carboxylic acids is 2. The quantitative estimate of drug-likeness (QED) is 0.600. The molecule has 2 N–H and O–H groups in total. The van der Waals surface area contributed by atoms with Crippen LogP contribution in [0.2, 0.25) is 0 Å². The Morgan fingerprint density at radius 1 is 0.970 bits per heavy atom. The molecule has 184 valence electrons. The normalized spacial score (nSPS) is 18.3. The maximum atomic E-state index is 12.7. The molecule has 0 aromatic heterocycles. The Kier molecular flexibility index (Phi) is 9.14. The Labute approximate surface area is 198 Å². The van der Waals surface area contributed by atoms with Gasteiger partial charge in [0.1, 0.15) is 0 Å². The van der Waals surface area contributed by atoms with Crippen molar-refractivity contribution in [1.82, 2.24) is 19.8 Å². The molecule has 1 aromatic carbocycles.